The molecule has 14 heavy (non-hydrogen) atoms. The zero-order valence-electron chi connectivity index (χ0n) is 8.62. The molecule has 0 aromatic heterocycles. The Morgan fingerprint density at radius 1 is 0.929 bits per heavy atom. The molecule has 0 radical (unpaired) electrons. The van der Waals surface area contributed by atoms with Crippen molar-refractivity contribution in [3.8, 4) is 0 Å². The maximum atomic E-state index is 10.9. The predicted octanol–water partition coefficient (Wildman–Crippen LogP) is 1.45. The molecule has 0 atom stereocenters. The molecule has 80 valence electrons. The highest BCUT2D eigenvalue weighted by molar-refractivity contribution is 5.91. The largest absolute Gasteiger partial charge is 0.463 e. The second kappa shape index (κ2) is 8.29. The van der Waals surface area contributed by atoms with Crippen molar-refractivity contribution in [1.29, 1.82) is 0 Å². The van der Waals surface area contributed by atoms with Gasteiger partial charge in [-0.25, -0.2) is 9.59 Å². The quantitative estimate of drug-likeness (QED) is 0.481. The van der Waals surface area contributed by atoms with Crippen LogP contribution in [0.15, 0.2) is 12.2 Å². The number of rotatable bonds is 6. The van der Waals surface area contributed by atoms with Gasteiger partial charge in [-0.3, -0.25) is 0 Å². The van der Waals surface area contributed by atoms with Gasteiger partial charge in [-0.15, -0.1) is 0 Å². The van der Waals surface area contributed by atoms with E-state index in [2.05, 4.69) is 0 Å². The van der Waals surface area contributed by atoms with Gasteiger partial charge in [0.25, 0.3) is 0 Å². The van der Waals surface area contributed by atoms with Gasteiger partial charge in [-0.1, -0.05) is 13.8 Å². The van der Waals surface area contributed by atoms with E-state index >= 15 is 0 Å². The molecule has 0 heterocycles. The fourth-order valence-corrected chi connectivity index (χ4v) is 0.638. The van der Waals surface area contributed by atoms with Crippen molar-refractivity contribution in [3.05, 3.63) is 12.2 Å². The van der Waals surface area contributed by atoms with Crippen molar-refractivity contribution in [2.24, 2.45) is 0 Å². The van der Waals surface area contributed by atoms with Crippen molar-refractivity contribution in [2.45, 2.75) is 26.7 Å². The van der Waals surface area contributed by atoms with E-state index in [1.54, 1.807) is 0 Å². The topological polar surface area (TPSA) is 52.6 Å². The van der Waals surface area contributed by atoms with E-state index in [0.717, 1.165) is 25.0 Å². The third kappa shape index (κ3) is 7.34. The van der Waals surface area contributed by atoms with Crippen LogP contribution < -0.4 is 0 Å². The summed E-state index contributed by atoms with van der Waals surface area (Å²) in [6.45, 7) is 4.53. The summed E-state index contributed by atoms with van der Waals surface area (Å²) in [5, 5.41) is 0. The first-order valence-electron chi connectivity index (χ1n) is 4.72. The van der Waals surface area contributed by atoms with Crippen LogP contribution in [0.25, 0.3) is 0 Å². The molecule has 0 N–H and O–H groups in total. The van der Waals surface area contributed by atoms with Crippen LogP contribution in [0.2, 0.25) is 0 Å². The number of esters is 2. The van der Waals surface area contributed by atoms with E-state index in [9.17, 15) is 9.59 Å². The second-order valence-corrected chi connectivity index (χ2v) is 2.67. The second-order valence-electron chi connectivity index (χ2n) is 2.67. The molecule has 0 aliphatic heterocycles. The van der Waals surface area contributed by atoms with Crippen molar-refractivity contribution in [3.63, 3.8) is 0 Å². The highest BCUT2D eigenvalue weighted by atomic mass is 16.5. The molecule has 0 unspecified atom stereocenters. The van der Waals surface area contributed by atoms with Crippen molar-refractivity contribution in [2.75, 3.05) is 13.2 Å². The summed E-state index contributed by atoms with van der Waals surface area (Å²) in [6, 6.07) is 0. The fraction of sp³-hybridized carbons (Fsp3) is 0.600. The lowest BCUT2D eigenvalue weighted by molar-refractivity contribution is -0.140. The highest BCUT2D eigenvalue weighted by Crippen LogP contribution is 1.88. The summed E-state index contributed by atoms with van der Waals surface area (Å²) in [6.07, 6.45) is 3.68. The monoisotopic (exact) mass is 200 g/mol. The molecular weight excluding hydrogens is 184 g/mol. The highest BCUT2D eigenvalue weighted by Gasteiger charge is 1.99. The Kier molecular flexibility index (Phi) is 7.50. The molecule has 0 spiro atoms. The summed E-state index contributed by atoms with van der Waals surface area (Å²) >= 11 is 0. The average Bonchev–Trinajstić information content (AvgIpc) is 2.20. The fourth-order valence-electron chi connectivity index (χ4n) is 0.638. The van der Waals surface area contributed by atoms with Crippen LogP contribution >= 0.6 is 0 Å². The molecule has 0 aromatic rings. The molecule has 0 saturated heterocycles. The van der Waals surface area contributed by atoms with E-state index in [1.165, 1.54) is 0 Å². The number of hydrogen-bond acceptors (Lipinski definition) is 4. The van der Waals surface area contributed by atoms with E-state index in [0.29, 0.717) is 13.2 Å². The Balaban J connectivity index is 3.68. The molecule has 0 fully saturated rings. The number of carbonyl (C=O) groups is 2. The minimum Gasteiger partial charge on any atom is -0.463 e. The van der Waals surface area contributed by atoms with Gasteiger partial charge in [0, 0.05) is 12.2 Å². The summed E-state index contributed by atoms with van der Waals surface area (Å²) in [5.41, 5.74) is 0. The third-order valence-electron chi connectivity index (χ3n) is 1.25. The lowest BCUT2D eigenvalue weighted by Gasteiger charge is -1.98. The lowest BCUT2D eigenvalue weighted by Crippen LogP contribution is -2.05. The number of carbonyl (C=O) groups excluding carboxylic acids is 2. The number of ether oxygens (including phenoxy) is 2. The van der Waals surface area contributed by atoms with Gasteiger partial charge in [0.15, 0.2) is 0 Å². The average molecular weight is 200 g/mol. The molecule has 0 rings (SSSR count). The van der Waals surface area contributed by atoms with Crippen molar-refractivity contribution in [1.82, 2.24) is 0 Å². The Bertz CT molecular complexity index is 186. The molecule has 4 heteroatoms. The van der Waals surface area contributed by atoms with Crippen LogP contribution in [-0.2, 0) is 19.1 Å². The van der Waals surface area contributed by atoms with E-state index in [1.807, 2.05) is 13.8 Å². The normalized spacial score (nSPS) is 10.1. The third-order valence-corrected chi connectivity index (χ3v) is 1.25. The molecule has 0 aliphatic rings. The Morgan fingerprint density at radius 2 is 1.29 bits per heavy atom. The Labute approximate surface area is 83.9 Å². The van der Waals surface area contributed by atoms with Gasteiger partial charge in [0.1, 0.15) is 0 Å². The Morgan fingerprint density at radius 3 is 1.57 bits per heavy atom. The molecular formula is C10H16O4. The van der Waals surface area contributed by atoms with Crippen LogP contribution in [0, 0.1) is 0 Å². The molecule has 0 bridgehead atoms. The summed E-state index contributed by atoms with van der Waals surface area (Å²) in [5.74, 6) is -1.03. The molecule has 0 aromatic carbocycles. The van der Waals surface area contributed by atoms with Crippen molar-refractivity contribution < 1.29 is 19.1 Å². The van der Waals surface area contributed by atoms with Gasteiger partial charge in [-0.2, -0.15) is 0 Å². The molecule has 0 aliphatic carbocycles. The molecule has 0 saturated carbocycles. The van der Waals surface area contributed by atoms with Gasteiger partial charge in [0.2, 0.25) is 0 Å². The zero-order valence-corrected chi connectivity index (χ0v) is 8.62. The SMILES string of the molecule is CCCOC(=O)C=CC(=O)OCCC. The van der Waals surface area contributed by atoms with Crippen LogP contribution in [0.1, 0.15) is 26.7 Å². The van der Waals surface area contributed by atoms with E-state index in [-0.39, 0.29) is 0 Å². The first kappa shape index (κ1) is 12.7. The minimum absolute atomic E-state index is 0.368. The van der Waals surface area contributed by atoms with E-state index in [4.69, 9.17) is 9.47 Å². The van der Waals surface area contributed by atoms with Crippen LogP contribution in [-0.4, -0.2) is 25.2 Å². The first-order chi connectivity index (χ1) is 6.70. The van der Waals surface area contributed by atoms with Gasteiger partial charge < -0.3 is 9.47 Å². The van der Waals surface area contributed by atoms with Gasteiger partial charge in [-0.05, 0) is 12.8 Å². The van der Waals surface area contributed by atoms with Crippen LogP contribution in [0.3, 0.4) is 0 Å². The Hall–Kier alpha value is -1.32. The maximum Gasteiger partial charge on any atom is 0.331 e. The molecule has 0 amide bonds. The predicted molar refractivity (Wildman–Crippen MR) is 51.6 cm³/mol. The zero-order chi connectivity index (χ0) is 10.8. The number of hydrogen-bond donors (Lipinski definition) is 0. The van der Waals surface area contributed by atoms with Gasteiger partial charge in [0.05, 0.1) is 13.2 Å². The van der Waals surface area contributed by atoms with Crippen molar-refractivity contribution >= 4 is 11.9 Å². The van der Waals surface area contributed by atoms with Crippen LogP contribution in [0.5, 0.6) is 0 Å². The summed E-state index contributed by atoms with van der Waals surface area (Å²) < 4.78 is 9.43. The maximum absolute atomic E-state index is 10.9. The molecule has 4 nitrogen and oxygen atoms in total. The summed E-state index contributed by atoms with van der Waals surface area (Å²) in [7, 11) is 0. The first-order valence-corrected chi connectivity index (χ1v) is 4.72. The summed E-state index contributed by atoms with van der Waals surface area (Å²) in [4.78, 5) is 21.7. The van der Waals surface area contributed by atoms with E-state index < -0.39 is 11.9 Å². The minimum atomic E-state index is -0.514. The van der Waals surface area contributed by atoms with Gasteiger partial charge >= 0.3 is 11.9 Å². The van der Waals surface area contributed by atoms with Crippen LogP contribution in [0.4, 0.5) is 0 Å². The lowest BCUT2D eigenvalue weighted by atomic mass is 10.5. The standard InChI is InChI=1S/C10H16O4/c1-3-7-13-9(11)5-6-10(12)14-8-4-2/h5-6H,3-4,7-8H2,1-2H3. The smallest absolute Gasteiger partial charge is 0.331 e.